The van der Waals surface area contributed by atoms with E-state index in [-0.39, 0.29) is 17.2 Å². The maximum absolute atomic E-state index is 13.1. The highest BCUT2D eigenvalue weighted by atomic mass is 19.1. The molecular formula is C15H19FN4O2. The highest BCUT2D eigenvalue weighted by Gasteiger charge is 2.52. The van der Waals surface area contributed by atoms with Gasteiger partial charge in [-0.05, 0) is 12.8 Å². The lowest BCUT2D eigenvalue weighted by Gasteiger charge is -2.23. The Balaban J connectivity index is 1.47. The zero-order valence-corrected chi connectivity index (χ0v) is 12.5. The van der Waals surface area contributed by atoms with Gasteiger partial charge in [-0.15, -0.1) is 0 Å². The molecule has 118 valence electrons. The van der Waals surface area contributed by atoms with E-state index in [9.17, 15) is 14.0 Å². The van der Waals surface area contributed by atoms with Gasteiger partial charge in [0.1, 0.15) is 6.17 Å². The van der Waals surface area contributed by atoms with Crippen molar-refractivity contribution in [3.8, 4) is 0 Å². The fourth-order valence-corrected chi connectivity index (χ4v) is 3.73. The molecule has 1 unspecified atom stereocenters. The molecule has 2 aliphatic heterocycles. The summed E-state index contributed by atoms with van der Waals surface area (Å²) >= 11 is 0. The number of carbonyl (C=O) groups is 2. The summed E-state index contributed by atoms with van der Waals surface area (Å²) < 4.78 is 14.7. The molecule has 22 heavy (non-hydrogen) atoms. The molecule has 1 aliphatic carbocycles. The SMILES string of the molecule is Cn1cc(N2CC3(CCN(C(=O)[C@@H]4C[C@H]4F)C3)CC2=O)cn1. The number of alkyl halides is 1. The van der Waals surface area contributed by atoms with Gasteiger partial charge in [-0.1, -0.05) is 0 Å². The quantitative estimate of drug-likeness (QED) is 0.809. The minimum Gasteiger partial charge on any atom is -0.342 e. The van der Waals surface area contributed by atoms with Crippen LogP contribution in [0.3, 0.4) is 0 Å². The van der Waals surface area contributed by atoms with Gasteiger partial charge in [-0.3, -0.25) is 14.3 Å². The Labute approximate surface area is 127 Å². The molecule has 6 nitrogen and oxygen atoms in total. The van der Waals surface area contributed by atoms with Crippen LogP contribution in [0.4, 0.5) is 10.1 Å². The van der Waals surface area contributed by atoms with Crippen LogP contribution in [0.5, 0.6) is 0 Å². The highest BCUT2D eigenvalue weighted by molar-refractivity contribution is 5.96. The molecule has 3 fully saturated rings. The number of aryl methyl sites for hydroxylation is 1. The zero-order valence-electron chi connectivity index (χ0n) is 12.5. The van der Waals surface area contributed by atoms with Gasteiger partial charge in [0.05, 0.1) is 17.8 Å². The van der Waals surface area contributed by atoms with E-state index in [1.165, 1.54) is 0 Å². The Bertz CT molecular complexity index is 645. The maximum Gasteiger partial charge on any atom is 0.228 e. The van der Waals surface area contributed by atoms with Crippen LogP contribution in [0.15, 0.2) is 12.4 Å². The van der Waals surface area contributed by atoms with Crippen LogP contribution in [-0.4, -0.2) is 52.3 Å². The first-order valence-electron chi connectivity index (χ1n) is 7.69. The van der Waals surface area contributed by atoms with Crippen LogP contribution >= 0.6 is 0 Å². The van der Waals surface area contributed by atoms with Crippen molar-refractivity contribution in [3.63, 3.8) is 0 Å². The first-order valence-corrected chi connectivity index (χ1v) is 7.69. The second-order valence-electron chi connectivity index (χ2n) is 6.90. The second-order valence-corrected chi connectivity index (χ2v) is 6.90. The molecule has 7 heteroatoms. The van der Waals surface area contributed by atoms with E-state index < -0.39 is 12.1 Å². The maximum atomic E-state index is 13.1. The third kappa shape index (κ3) is 2.10. The molecule has 3 heterocycles. The average molecular weight is 306 g/mol. The largest absolute Gasteiger partial charge is 0.342 e. The van der Waals surface area contributed by atoms with E-state index in [1.54, 1.807) is 20.7 Å². The summed E-state index contributed by atoms with van der Waals surface area (Å²) in [6, 6.07) is 0. The van der Waals surface area contributed by atoms with E-state index in [1.807, 2.05) is 13.2 Å². The molecule has 0 aromatic carbocycles. The van der Waals surface area contributed by atoms with E-state index in [2.05, 4.69) is 5.10 Å². The Kier molecular flexibility index (Phi) is 2.83. The molecule has 2 saturated heterocycles. The van der Waals surface area contributed by atoms with Crippen molar-refractivity contribution in [3.05, 3.63) is 12.4 Å². The van der Waals surface area contributed by atoms with Crippen molar-refractivity contribution in [1.82, 2.24) is 14.7 Å². The van der Waals surface area contributed by atoms with Crippen molar-refractivity contribution < 1.29 is 14.0 Å². The van der Waals surface area contributed by atoms with E-state index in [0.29, 0.717) is 32.5 Å². The molecule has 4 rings (SSSR count). The van der Waals surface area contributed by atoms with E-state index in [4.69, 9.17) is 0 Å². The van der Waals surface area contributed by atoms with Gasteiger partial charge in [-0.2, -0.15) is 5.10 Å². The average Bonchev–Trinajstić information content (AvgIpc) is 2.82. The second kappa shape index (κ2) is 4.54. The Hall–Kier alpha value is -1.92. The van der Waals surface area contributed by atoms with Crippen LogP contribution in [0.25, 0.3) is 0 Å². The van der Waals surface area contributed by atoms with E-state index >= 15 is 0 Å². The molecule has 1 spiro atoms. The number of halogens is 1. The number of anilines is 1. The molecule has 3 aliphatic rings. The fourth-order valence-electron chi connectivity index (χ4n) is 3.73. The number of likely N-dealkylation sites (tertiary alicyclic amines) is 1. The number of rotatable bonds is 2. The van der Waals surface area contributed by atoms with Crippen LogP contribution in [0.1, 0.15) is 19.3 Å². The van der Waals surface area contributed by atoms with Crippen LogP contribution in [-0.2, 0) is 16.6 Å². The lowest BCUT2D eigenvalue weighted by Crippen LogP contribution is -2.35. The predicted molar refractivity (Wildman–Crippen MR) is 76.8 cm³/mol. The Morgan fingerprint density at radius 3 is 2.86 bits per heavy atom. The summed E-state index contributed by atoms with van der Waals surface area (Å²) in [6.45, 7) is 1.82. The number of carbonyl (C=O) groups excluding carboxylic acids is 2. The predicted octanol–water partition coefficient (Wildman–Crippen LogP) is 0.733. The summed E-state index contributed by atoms with van der Waals surface area (Å²) in [5, 5.41) is 4.11. The number of hydrogen-bond donors (Lipinski definition) is 0. The lowest BCUT2D eigenvalue weighted by atomic mass is 9.86. The monoisotopic (exact) mass is 306 g/mol. The zero-order chi connectivity index (χ0) is 15.5. The van der Waals surface area contributed by atoms with Crippen molar-refractivity contribution in [2.24, 2.45) is 18.4 Å². The van der Waals surface area contributed by atoms with Crippen molar-refractivity contribution in [2.75, 3.05) is 24.5 Å². The van der Waals surface area contributed by atoms with Gasteiger partial charge < -0.3 is 9.80 Å². The number of aromatic nitrogens is 2. The van der Waals surface area contributed by atoms with Crippen LogP contribution in [0.2, 0.25) is 0 Å². The number of amides is 2. The van der Waals surface area contributed by atoms with Gasteiger partial charge in [0.15, 0.2) is 0 Å². The van der Waals surface area contributed by atoms with Crippen molar-refractivity contribution in [1.29, 1.82) is 0 Å². The molecular weight excluding hydrogens is 287 g/mol. The fraction of sp³-hybridized carbons (Fsp3) is 0.667. The molecule has 1 aromatic rings. The summed E-state index contributed by atoms with van der Waals surface area (Å²) in [5.41, 5.74) is 0.628. The van der Waals surface area contributed by atoms with Crippen molar-refractivity contribution in [2.45, 2.75) is 25.4 Å². The topological polar surface area (TPSA) is 58.4 Å². The van der Waals surface area contributed by atoms with Gasteiger partial charge in [0, 0.05) is 44.7 Å². The molecule has 0 N–H and O–H groups in total. The van der Waals surface area contributed by atoms with Gasteiger partial charge in [-0.25, -0.2) is 4.39 Å². The van der Waals surface area contributed by atoms with Crippen LogP contribution in [0, 0.1) is 11.3 Å². The number of nitrogens with zero attached hydrogens (tertiary/aromatic N) is 4. The summed E-state index contributed by atoms with van der Waals surface area (Å²) in [4.78, 5) is 28.0. The molecule has 1 saturated carbocycles. The molecule has 3 atom stereocenters. The molecule has 1 aromatic heterocycles. The third-order valence-electron chi connectivity index (χ3n) is 5.10. The van der Waals surface area contributed by atoms with Crippen LogP contribution < -0.4 is 4.90 Å². The summed E-state index contributed by atoms with van der Waals surface area (Å²) in [6.07, 6.45) is 4.18. The third-order valence-corrected chi connectivity index (χ3v) is 5.10. The Morgan fingerprint density at radius 2 is 2.23 bits per heavy atom. The normalized spacial score (nSPS) is 34.0. The van der Waals surface area contributed by atoms with Gasteiger partial charge in [0.2, 0.25) is 11.8 Å². The molecule has 0 bridgehead atoms. The molecule has 0 radical (unpaired) electrons. The standard InChI is InChI=1S/C15H19FN4O2/c1-18-7-10(6-17-18)20-9-15(5-13(20)21)2-3-19(8-15)14(22)11-4-12(11)16/h6-7,11-12H,2-5,8-9H2,1H3/t11-,12-,15?/m1/s1. The van der Waals surface area contributed by atoms with Crippen molar-refractivity contribution >= 4 is 17.5 Å². The first kappa shape index (κ1) is 13.7. The Morgan fingerprint density at radius 1 is 1.45 bits per heavy atom. The summed E-state index contributed by atoms with van der Waals surface area (Å²) in [5.74, 6) is -0.421. The molecule has 2 amide bonds. The van der Waals surface area contributed by atoms with Gasteiger partial charge >= 0.3 is 0 Å². The summed E-state index contributed by atoms with van der Waals surface area (Å²) in [7, 11) is 1.82. The minimum atomic E-state index is -0.957. The number of hydrogen-bond acceptors (Lipinski definition) is 3. The van der Waals surface area contributed by atoms with E-state index in [0.717, 1.165) is 12.1 Å². The van der Waals surface area contributed by atoms with Gasteiger partial charge in [0.25, 0.3) is 0 Å². The first-order chi connectivity index (χ1) is 10.5. The lowest BCUT2D eigenvalue weighted by molar-refractivity contribution is -0.132. The smallest absolute Gasteiger partial charge is 0.228 e. The highest BCUT2D eigenvalue weighted by Crippen LogP contribution is 2.44. The minimum absolute atomic E-state index is 0.0725.